The van der Waals surface area contributed by atoms with Crippen LogP contribution in [0.3, 0.4) is 0 Å². The summed E-state index contributed by atoms with van der Waals surface area (Å²) in [6.07, 6.45) is 2.58. The van der Waals surface area contributed by atoms with Crippen molar-refractivity contribution in [1.29, 1.82) is 0 Å². The van der Waals surface area contributed by atoms with Crippen molar-refractivity contribution in [2.75, 3.05) is 31.1 Å². The van der Waals surface area contributed by atoms with Gasteiger partial charge >= 0.3 is 0 Å². The van der Waals surface area contributed by atoms with Crippen molar-refractivity contribution < 1.29 is 13.2 Å². The summed E-state index contributed by atoms with van der Waals surface area (Å²) in [6.45, 7) is 1.03. The number of carbonyl (C=O) groups is 1. The average molecular weight is 339 g/mol. The zero-order valence-electron chi connectivity index (χ0n) is 12.9. The monoisotopic (exact) mass is 339 g/mol. The summed E-state index contributed by atoms with van der Waals surface area (Å²) >= 11 is 0. The van der Waals surface area contributed by atoms with E-state index in [9.17, 15) is 18.0 Å². The van der Waals surface area contributed by atoms with Gasteiger partial charge in [-0.15, -0.1) is 0 Å². The summed E-state index contributed by atoms with van der Waals surface area (Å²) in [6, 6.07) is 3.18. The number of aryl methyl sites for hydroxylation is 1. The first-order valence-corrected chi connectivity index (χ1v) is 9.69. The molecule has 2 N–H and O–H groups in total. The first-order valence-electron chi connectivity index (χ1n) is 7.87. The number of rotatable bonds is 3. The van der Waals surface area contributed by atoms with Gasteiger partial charge in [-0.1, -0.05) is 0 Å². The van der Waals surface area contributed by atoms with E-state index in [1.807, 2.05) is 4.90 Å². The van der Waals surface area contributed by atoms with Gasteiger partial charge in [-0.2, -0.15) is 0 Å². The molecule has 7 nitrogen and oxygen atoms in total. The minimum Gasteiger partial charge on any atom is -0.348 e. The molecule has 0 bridgehead atoms. The number of sulfone groups is 1. The molecule has 2 heterocycles. The molecule has 0 unspecified atom stereocenters. The van der Waals surface area contributed by atoms with Gasteiger partial charge < -0.3 is 10.3 Å². The fraction of sp³-hybridized carbons (Fsp3) is 0.600. The van der Waals surface area contributed by atoms with Crippen LogP contribution in [0, 0.1) is 0 Å². The Morgan fingerprint density at radius 3 is 2.78 bits per heavy atom. The second-order valence-corrected chi connectivity index (χ2v) is 8.50. The van der Waals surface area contributed by atoms with E-state index in [2.05, 4.69) is 10.3 Å². The van der Waals surface area contributed by atoms with Crippen molar-refractivity contribution in [1.82, 2.24) is 15.2 Å². The maximum absolute atomic E-state index is 12.2. The summed E-state index contributed by atoms with van der Waals surface area (Å²) in [5.41, 5.74) is 1.76. The van der Waals surface area contributed by atoms with Crippen molar-refractivity contribution in [3.8, 4) is 0 Å². The number of pyridine rings is 1. The molecule has 1 aromatic rings. The van der Waals surface area contributed by atoms with Gasteiger partial charge in [0.05, 0.1) is 24.1 Å². The maximum Gasteiger partial charge on any atom is 0.248 e. The number of aromatic nitrogens is 1. The summed E-state index contributed by atoms with van der Waals surface area (Å²) in [7, 11) is -2.93. The van der Waals surface area contributed by atoms with Crippen LogP contribution < -0.4 is 10.9 Å². The number of amides is 1. The number of fused-ring (bicyclic) bond motifs is 1. The standard InChI is InChI=1S/C15H21N3O4S/c19-14-5-4-11-12(16-14)2-1-3-13(11)17-15(20)10-18-6-8-23(21,22)9-7-18/h4-5,13H,1-3,6-10H2,(H,16,19)(H,17,20)/t13-/m0/s1. The number of H-pyrrole nitrogens is 1. The zero-order valence-corrected chi connectivity index (χ0v) is 13.7. The summed E-state index contributed by atoms with van der Waals surface area (Å²) in [5.74, 6) is 0.134. The number of aromatic amines is 1. The smallest absolute Gasteiger partial charge is 0.248 e. The number of carbonyl (C=O) groups excluding carboxylic acids is 1. The van der Waals surface area contributed by atoms with Gasteiger partial charge in [0, 0.05) is 24.8 Å². The fourth-order valence-corrected chi connectivity index (χ4v) is 4.48. The minimum absolute atomic E-state index is 0.0865. The van der Waals surface area contributed by atoms with Crippen LogP contribution in [0.4, 0.5) is 0 Å². The van der Waals surface area contributed by atoms with Crippen molar-refractivity contribution in [3.63, 3.8) is 0 Å². The highest BCUT2D eigenvalue weighted by Crippen LogP contribution is 2.27. The van der Waals surface area contributed by atoms with Gasteiger partial charge in [0.15, 0.2) is 9.84 Å². The zero-order chi connectivity index (χ0) is 16.4. The molecule has 0 spiro atoms. The Morgan fingerprint density at radius 2 is 2.04 bits per heavy atom. The van der Waals surface area contributed by atoms with Gasteiger partial charge in [0.25, 0.3) is 0 Å². The molecule has 0 saturated carbocycles. The van der Waals surface area contributed by atoms with Gasteiger partial charge in [0.2, 0.25) is 11.5 Å². The van der Waals surface area contributed by atoms with E-state index in [4.69, 9.17) is 0 Å². The number of hydrogen-bond donors (Lipinski definition) is 2. The molecule has 1 saturated heterocycles. The highest BCUT2D eigenvalue weighted by molar-refractivity contribution is 7.91. The van der Waals surface area contributed by atoms with Crippen LogP contribution in [-0.4, -0.2) is 55.3 Å². The van der Waals surface area contributed by atoms with E-state index in [-0.39, 0.29) is 35.6 Å². The Labute approximate surface area is 135 Å². The highest BCUT2D eigenvalue weighted by Gasteiger charge is 2.26. The fourth-order valence-electron chi connectivity index (χ4n) is 3.20. The van der Waals surface area contributed by atoms with E-state index >= 15 is 0 Å². The first kappa shape index (κ1) is 16.2. The van der Waals surface area contributed by atoms with Crippen LogP contribution in [0.1, 0.15) is 30.1 Å². The molecule has 1 aliphatic carbocycles. The summed E-state index contributed by atoms with van der Waals surface area (Å²) in [5, 5.41) is 3.01. The molecular weight excluding hydrogens is 318 g/mol. The van der Waals surface area contributed by atoms with Gasteiger partial charge in [-0.25, -0.2) is 8.42 Å². The molecule has 8 heteroatoms. The Kier molecular flexibility index (Phi) is 4.54. The van der Waals surface area contributed by atoms with Gasteiger partial charge in [-0.05, 0) is 30.9 Å². The molecule has 1 fully saturated rings. The summed E-state index contributed by atoms with van der Waals surface area (Å²) < 4.78 is 22.8. The third-order valence-corrected chi connectivity index (χ3v) is 6.08. The molecule has 0 aromatic carbocycles. The quantitative estimate of drug-likeness (QED) is 0.781. The van der Waals surface area contributed by atoms with Crippen LogP contribution >= 0.6 is 0 Å². The van der Waals surface area contributed by atoms with Crippen LogP contribution in [0.2, 0.25) is 0 Å². The van der Waals surface area contributed by atoms with Crippen LogP contribution in [0.5, 0.6) is 0 Å². The maximum atomic E-state index is 12.2. The Bertz CT molecular complexity index is 742. The van der Waals surface area contributed by atoms with E-state index in [0.29, 0.717) is 13.1 Å². The highest BCUT2D eigenvalue weighted by atomic mass is 32.2. The minimum atomic E-state index is -2.93. The SMILES string of the molecule is O=C(CN1CCS(=O)(=O)CC1)N[C@H]1CCCc2[nH]c(=O)ccc21. The van der Waals surface area contributed by atoms with E-state index in [1.165, 1.54) is 6.07 Å². The van der Waals surface area contributed by atoms with E-state index < -0.39 is 9.84 Å². The second kappa shape index (κ2) is 6.45. The van der Waals surface area contributed by atoms with E-state index in [0.717, 1.165) is 30.5 Å². The Balaban J connectivity index is 1.60. The lowest BCUT2D eigenvalue weighted by molar-refractivity contribution is -0.123. The summed E-state index contributed by atoms with van der Waals surface area (Å²) in [4.78, 5) is 28.3. The van der Waals surface area contributed by atoms with Crippen LogP contribution in [0.15, 0.2) is 16.9 Å². The van der Waals surface area contributed by atoms with Crippen LogP contribution in [-0.2, 0) is 21.1 Å². The molecule has 23 heavy (non-hydrogen) atoms. The molecule has 1 aromatic heterocycles. The number of hydrogen-bond acceptors (Lipinski definition) is 5. The molecular formula is C15H21N3O4S. The second-order valence-electron chi connectivity index (χ2n) is 6.20. The van der Waals surface area contributed by atoms with Crippen molar-refractivity contribution in [3.05, 3.63) is 33.7 Å². The Morgan fingerprint density at radius 1 is 1.30 bits per heavy atom. The molecule has 1 atom stereocenters. The third kappa shape index (κ3) is 4.00. The normalized spacial score (nSPS) is 23.9. The molecule has 1 amide bonds. The molecule has 126 valence electrons. The molecule has 0 radical (unpaired) electrons. The predicted octanol–water partition coefficient (Wildman–Crippen LogP) is -0.401. The molecule has 2 aliphatic rings. The van der Waals surface area contributed by atoms with E-state index in [1.54, 1.807) is 6.07 Å². The molecule has 3 rings (SSSR count). The third-order valence-electron chi connectivity index (χ3n) is 4.47. The lowest BCUT2D eigenvalue weighted by Crippen LogP contribution is -2.46. The lowest BCUT2D eigenvalue weighted by Gasteiger charge is -2.29. The number of nitrogens with one attached hydrogen (secondary N) is 2. The van der Waals surface area contributed by atoms with Gasteiger partial charge in [-0.3, -0.25) is 14.5 Å². The topological polar surface area (TPSA) is 99.3 Å². The van der Waals surface area contributed by atoms with Gasteiger partial charge in [0.1, 0.15) is 0 Å². The van der Waals surface area contributed by atoms with Crippen molar-refractivity contribution in [2.45, 2.75) is 25.3 Å². The Hall–Kier alpha value is -1.67. The molecule has 1 aliphatic heterocycles. The number of nitrogens with zero attached hydrogens (tertiary/aromatic N) is 1. The van der Waals surface area contributed by atoms with Crippen molar-refractivity contribution in [2.24, 2.45) is 0 Å². The van der Waals surface area contributed by atoms with Crippen LogP contribution in [0.25, 0.3) is 0 Å². The average Bonchev–Trinajstić information content (AvgIpc) is 2.49. The van der Waals surface area contributed by atoms with Crippen molar-refractivity contribution >= 4 is 15.7 Å². The first-order chi connectivity index (χ1) is 10.9. The predicted molar refractivity (Wildman–Crippen MR) is 86.0 cm³/mol. The lowest BCUT2D eigenvalue weighted by atomic mass is 9.91. The largest absolute Gasteiger partial charge is 0.348 e.